The average molecular weight is 326 g/mol. The molecule has 0 aliphatic heterocycles. The highest BCUT2D eigenvalue weighted by atomic mass is 79.9. The monoisotopic (exact) mass is 325 g/mol. The van der Waals surface area contributed by atoms with Crippen LogP contribution in [0.3, 0.4) is 0 Å². The molecule has 2 N–H and O–H groups in total. The van der Waals surface area contributed by atoms with E-state index in [1.54, 1.807) is 12.1 Å². The van der Waals surface area contributed by atoms with E-state index in [4.69, 9.17) is 10.3 Å². The van der Waals surface area contributed by atoms with Gasteiger partial charge in [-0.25, -0.2) is 4.39 Å². The third-order valence-electron chi connectivity index (χ3n) is 3.50. The maximum absolute atomic E-state index is 13.2. The molecule has 0 unspecified atom stereocenters. The summed E-state index contributed by atoms with van der Waals surface area (Å²) in [5.41, 5.74) is 6.67. The lowest BCUT2D eigenvalue weighted by Crippen LogP contribution is -2.48. The van der Waals surface area contributed by atoms with Crippen molar-refractivity contribution in [1.82, 2.24) is 10.1 Å². The van der Waals surface area contributed by atoms with E-state index in [0.717, 1.165) is 19.3 Å². The van der Waals surface area contributed by atoms with Crippen molar-refractivity contribution in [2.45, 2.75) is 31.2 Å². The third kappa shape index (κ3) is 2.55. The van der Waals surface area contributed by atoms with Gasteiger partial charge in [0.2, 0.25) is 11.7 Å². The molecule has 4 nitrogen and oxygen atoms in total. The van der Waals surface area contributed by atoms with Crippen LogP contribution in [0.25, 0.3) is 11.4 Å². The molecule has 0 saturated heterocycles. The first-order valence-electron chi connectivity index (χ1n) is 6.13. The zero-order valence-electron chi connectivity index (χ0n) is 10.2. The highest BCUT2D eigenvalue weighted by molar-refractivity contribution is 9.10. The Balaban J connectivity index is 1.82. The lowest BCUT2D eigenvalue weighted by Gasteiger charge is -2.36. The van der Waals surface area contributed by atoms with Crippen molar-refractivity contribution in [3.8, 4) is 11.4 Å². The van der Waals surface area contributed by atoms with Gasteiger partial charge in [-0.05, 0) is 53.4 Å². The number of nitrogens with two attached hydrogens (primary N) is 1. The Kier molecular flexibility index (Phi) is 3.14. The summed E-state index contributed by atoms with van der Waals surface area (Å²) in [5.74, 6) is 0.680. The molecule has 6 heteroatoms. The van der Waals surface area contributed by atoms with Crippen LogP contribution >= 0.6 is 15.9 Å². The third-order valence-corrected chi connectivity index (χ3v) is 4.11. The normalized spacial score (nSPS) is 17.2. The molecule has 1 fully saturated rings. The van der Waals surface area contributed by atoms with Gasteiger partial charge in [0.25, 0.3) is 0 Å². The van der Waals surface area contributed by atoms with Gasteiger partial charge >= 0.3 is 0 Å². The van der Waals surface area contributed by atoms with Crippen LogP contribution in [-0.2, 0) is 6.42 Å². The van der Waals surface area contributed by atoms with Crippen LogP contribution in [0, 0.1) is 5.82 Å². The molecule has 0 bridgehead atoms. The molecular formula is C13H13BrFN3O. The zero-order valence-corrected chi connectivity index (χ0v) is 11.8. The lowest BCUT2D eigenvalue weighted by molar-refractivity contribution is 0.222. The smallest absolute Gasteiger partial charge is 0.228 e. The molecule has 19 heavy (non-hydrogen) atoms. The van der Waals surface area contributed by atoms with Gasteiger partial charge in [0, 0.05) is 17.5 Å². The first kappa shape index (κ1) is 12.7. The Morgan fingerprint density at radius 3 is 2.84 bits per heavy atom. The molecule has 2 aromatic rings. The number of halogens is 2. The van der Waals surface area contributed by atoms with Crippen molar-refractivity contribution in [3.05, 3.63) is 34.4 Å². The minimum Gasteiger partial charge on any atom is -0.339 e. The van der Waals surface area contributed by atoms with Gasteiger partial charge in [0.15, 0.2) is 0 Å². The van der Waals surface area contributed by atoms with Gasteiger partial charge in [-0.1, -0.05) is 5.16 Å². The number of benzene rings is 1. The second kappa shape index (κ2) is 4.68. The highest BCUT2D eigenvalue weighted by Crippen LogP contribution is 2.32. The van der Waals surface area contributed by atoms with Crippen molar-refractivity contribution in [2.24, 2.45) is 5.73 Å². The zero-order chi connectivity index (χ0) is 13.5. The first-order valence-corrected chi connectivity index (χ1v) is 6.92. The fourth-order valence-corrected chi connectivity index (χ4v) is 2.57. The van der Waals surface area contributed by atoms with Gasteiger partial charge in [0.05, 0.1) is 4.47 Å². The Hall–Kier alpha value is -1.27. The number of hydrogen-bond acceptors (Lipinski definition) is 4. The number of aromatic nitrogens is 2. The average Bonchev–Trinajstić information content (AvgIpc) is 2.79. The minimum atomic E-state index is -0.317. The number of nitrogens with zero attached hydrogens (tertiary/aromatic N) is 2. The molecule has 1 aromatic heterocycles. The van der Waals surface area contributed by atoms with Gasteiger partial charge in [0.1, 0.15) is 5.82 Å². The quantitative estimate of drug-likeness (QED) is 0.941. The van der Waals surface area contributed by atoms with Crippen LogP contribution in [0.1, 0.15) is 25.2 Å². The van der Waals surface area contributed by atoms with Crippen molar-refractivity contribution in [1.29, 1.82) is 0 Å². The predicted molar refractivity (Wildman–Crippen MR) is 71.9 cm³/mol. The Labute approximate surface area is 118 Å². The summed E-state index contributed by atoms with van der Waals surface area (Å²) in [6, 6.07) is 4.62. The van der Waals surface area contributed by atoms with Crippen molar-refractivity contribution >= 4 is 15.9 Å². The van der Waals surface area contributed by atoms with Crippen molar-refractivity contribution in [2.75, 3.05) is 0 Å². The van der Waals surface area contributed by atoms with Gasteiger partial charge in [-0.3, -0.25) is 0 Å². The van der Waals surface area contributed by atoms with Crippen LogP contribution in [0.2, 0.25) is 0 Å². The second-order valence-electron chi connectivity index (χ2n) is 5.03. The van der Waals surface area contributed by atoms with Crippen LogP contribution < -0.4 is 5.73 Å². The maximum atomic E-state index is 13.2. The van der Waals surface area contributed by atoms with E-state index in [1.165, 1.54) is 6.07 Å². The van der Waals surface area contributed by atoms with Crippen LogP contribution in [0.5, 0.6) is 0 Å². The summed E-state index contributed by atoms with van der Waals surface area (Å²) in [5, 5.41) is 3.91. The Morgan fingerprint density at radius 1 is 1.42 bits per heavy atom. The highest BCUT2D eigenvalue weighted by Gasteiger charge is 2.34. The molecule has 1 aromatic carbocycles. The van der Waals surface area contributed by atoms with E-state index in [9.17, 15) is 4.39 Å². The van der Waals surface area contributed by atoms with E-state index in [0.29, 0.717) is 28.2 Å². The van der Waals surface area contributed by atoms with E-state index in [-0.39, 0.29) is 11.4 Å². The molecule has 3 rings (SSSR count). The van der Waals surface area contributed by atoms with Crippen molar-refractivity contribution < 1.29 is 8.91 Å². The summed E-state index contributed by atoms with van der Waals surface area (Å²) in [6.45, 7) is 0. The maximum Gasteiger partial charge on any atom is 0.228 e. The first-order chi connectivity index (χ1) is 9.06. The minimum absolute atomic E-state index is 0.187. The molecule has 1 aliphatic carbocycles. The fraction of sp³-hybridized carbons (Fsp3) is 0.385. The summed E-state index contributed by atoms with van der Waals surface area (Å²) < 4.78 is 18.8. The molecule has 1 aliphatic rings. The van der Waals surface area contributed by atoms with Crippen molar-refractivity contribution in [3.63, 3.8) is 0 Å². The van der Waals surface area contributed by atoms with Crippen LogP contribution in [0.4, 0.5) is 4.39 Å². The summed E-state index contributed by atoms with van der Waals surface area (Å²) in [4.78, 5) is 4.32. The van der Waals surface area contributed by atoms with Gasteiger partial charge in [-0.15, -0.1) is 0 Å². The summed E-state index contributed by atoms with van der Waals surface area (Å²) >= 11 is 3.14. The topological polar surface area (TPSA) is 64.9 Å². The van der Waals surface area contributed by atoms with E-state index >= 15 is 0 Å². The van der Waals surface area contributed by atoms with E-state index < -0.39 is 0 Å². The molecular weight excluding hydrogens is 313 g/mol. The molecule has 0 amide bonds. The number of hydrogen-bond donors (Lipinski definition) is 1. The molecule has 0 atom stereocenters. The van der Waals surface area contributed by atoms with Crippen LogP contribution in [0.15, 0.2) is 27.2 Å². The molecule has 100 valence electrons. The standard InChI is InChI=1S/C13H13BrFN3O/c14-9-6-8(2-3-10(9)15)12-17-11(19-18-12)7-13(16)4-1-5-13/h2-3,6H,1,4-5,7,16H2. The molecule has 0 spiro atoms. The lowest BCUT2D eigenvalue weighted by atomic mass is 9.75. The predicted octanol–water partition coefficient (Wildman–Crippen LogP) is 3.06. The molecule has 1 heterocycles. The van der Waals surface area contributed by atoms with Crippen LogP contribution in [-0.4, -0.2) is 15.7 Å². The molecule has 0 radical (unpaired) electrons. The fourth-order valence-electron chi connectivity index (χ4n) is 2.19. The Bertz CT molecular complexity index is 610. The summed E-state index contributed by atoms with van der Waals surface area (Å²) in [6.07, 6.45) is 3.74. The number of rotatable bonds is 3. The second-order valence-corrected chi connectivity index (χ2v) is 5.89. The van der Waals surface area contributed by atoms with E-state index in [1.807, 2.05) is 0 Å². The largest absolute Gasteiger partial charge is 0.339 e. The van der Waals surface area contributed by atoms with Gasteiger partial charge in [-0.2, -0.15) is 4.98 Å². The molecule has 1 saturated carbocycles. The van der Waals surface area contributed by atoms with Gasteiger partial charge < -0.3 is 10.3 Å². The van der Waals surface area contributed by atoms with E-state index in [2.05, 4.69) is 26.1 Å². The Morgan fingerprint density at radius 2 is 2.21 bits per heavy atom. The summed E-state index contributed by atoms with van der Waals surface area (Å²) in [7, 11) is 0. The SMILES string of the molecule is NC1(Cc2nc(-c3ccc(F)c(Br)c3)no2)CCC1.